The first kappa shape index (κ1) is 16.0. The first-order chi connectivity index (χ1) is 10.3. The molecule has 0 saturated heterocycles. The average molecular weight is 311 g/mol. The van der Waals surface area contributed by atoms with E-state index < -0.39 is 35.1 Å². The Hall–Kier alpha value is -2.37. The van der Waals surface area contributed by atoms with Gasteiger partial charge in [0.2, 0.25) is 0 Å². The molecule has 2 aromatic rings. The first-order valence-corrected chi connectivity index (χ1v) is 6.51. The number of carbonyl (C=O) groups is 1. The van der Waals surface area contributed by atoms with Crippen molar-refractivity contribution in [3.63, 3.8) is 0 Å². The van der Waals surface area contributed by atoms with Crippen LogP contribution in [0, 0.1) is 5.82 Å². The van der Waals surface area contributed by atoms with Crippen LogP contribution in [-0.2, 0) is 6.18 Å². The van der Waals surface area contributed by atoms with E-state index in [1.165, 1.54) is 36.4 Å². The van der Waals surface area contributed by atoms with Gasteiger partial charge in [-0.25, -0.2) is 4.39 Å². The Labute approximate surface area is 124 Å². The van der Waals surface area contributed by atoms with Gasteiger partial charge in [-0.15, -0.1) is 0 Å². The molecule has 0 saturated carbocycles. The molecule has 22 heavy (non-hydrogen) atoms. The van der Waals surface area contributed by atoms with Crippen molar-refractivity contribution in [3.8, 4) is 0 Å². The molecule has 1 atom stereocenters. The van der Waals surface area contributed by atoms with Crippen molar-refractivity contribution in [2.75, 3.05) is 0 Å². The summed E-state index contributed by atoms with van der Waals surface area (Å²) in [5.41, 5.74) is -0.831. The fourth-order valence-corrected chi connectivity index (χ4v) is 2.04. The molecule has 116 valence electrons. The van der Waals surface area contributed by atoms with E-state index in [-0.39, 0.29) is 0 Å². The van der Waals surface area contributed by atoms with Crippen molar-refractivity contribution in [2.45, 2.75) is 19.1 Å². The van der Waals surface area contributed by atoms with Gasteiger partial charge in [0, 0.05) is 0 Å². The van der Waals surface area contributed by atoms with Gasteiger partial charge >= 0.3 is 6.18 Å². The van der Waals surface area contributed by atoms with Gasteiger partial charge in [0.25, 0.3) is 5.91 Å². The molecule has 0 aliphatic heterocycles. The molecule has 1 amide bonds. The van der Waals surface area contributed by atoms with E-state index in [0.29, 0.717) is 5.56 Å². The lowest BCUT2D eigenvalue weighted by Gasteiger charge is -2.17. The van der Waals surface area contributed by atoms with Gasteiger partial charge in [-0.1, -0.05) is 24.3 Å². The molecule has 2 rings (SSSR count). The molecule has 1 unspecified atom stereocenters. The van der Waals surface area contributed by atoms with Crippen LogP contribution in [0.2, 0.25) is 0 Å². The highest BCUT2D eigenvalue weighted by molar-refractivity contribution is 5.96. The fraction of sp³-hybridized carbons (Fsp3) is 0.188. The van der Waals surface area contributed by atoms with Gasteiger partial charge in [-0.2, -0.15) is 13.2 Å². The lowest BCUT2D eigenvalue weighted by atomic mass is 10.0. The summed E-state index contributed by atoms with van der Waals surface area (Å²) in [6.07, 6.45) is -4.60. The van der Waals surface area contributed by atoms with E-state index in [4.69, 9.17) is 0 Å². The van der Waals surface area contributed by atoms with E-state index in [0.717, 1.165) is 12.1 Å². The Morgan fingerprint density at radius 3 is 2.23 bits per heavy atom. The van der Waals surface area contributed by atoms with Gasteiger partial charge < -0.3 is 5.32 Å². The summed E-state index contributed by atoms with van der Waals surface area (Å²) in [5.74, 6) is -1.26. The van der Waals surface area contributed by atoms with Gasteiger partial charge in [0.05, 0.1) is 17.2 Å². The number of alkyl halides is 3. The van der Waals surface area contributed by atoms with Crippen LogP contribution in [0.3, 0.4) is 0 Å². The predicted octanol–water partition coefficient (Wildman–Crippen LogP) is 4.34. The molecule has 6 heteroatoms. The first-order valence-electron chi connectivity index (χ1n) is 6.51. The highest BCUT2D eigenvalue weighted by Gasteiger charge is 2.35. The Bertz CT molecular complexity index is 665. The smallest absolute Gasteiger partial charge is 0.346 e. The second-order valence-electron chi connectivity index (χ2n) is 4.79. The van der Waals surface area contributed by atoms with Crippen molar-refractivity contribution < 1.29 is 22.4 Å². The lowest BCUT2D eigenvalue weighted by Crippen LogP contribution is -2.28. The zero-order chi connectivity index (χ0) is 16.3. The number of rotatable bonds is 3. The standard InChI is InChI=1S/C16H13F4NO/c1-10(11-6-8-12(17)9-7-11)21-15(22)13-4-2-3-5-14(13)16(18,19)20/h2-10H,1H3,(H,21,22). The third-order valence-corrected chi connectivity index (χ3v) is 3.19. The van der Waals surface area contributed by atoms with Crippen LogP contribution in [-0.4, -0.2) is 5.91 Å². The molecule has 0 aliphatic rings. The summed E-state index contributed by atoms with van der Waals surface area (Å²) >= 11 is 0. The Morgan fingerprint density at radius 1 is 1.05 bits per heavy atom. The predicted molar refractivity (Wildman–Crippen MR) is 73.7 cm³/mol. The number of carbonyl (C=O) groups excluding carboxylic acids is 1. The molecule has 0 bridgehead atoms. The van der Waals surface area contributed by atoms with Crippen LogP contribution >= 0.6 is 0 Å². The van der Waals surface area contributed by atoms with Crippen LogP contribution in [0.15, 0.2) is 48.5 Å². The summed E-state index contributed by atoms with van der Waals surface area (Å²) in [6.45, 7) is 1.61. The zero-order valence-corrected chi connectivity index (χ0v) is 11.6. The van der Waals surface area contributed by atoms with Crippen LogP contribution < -0.4 is 5.32 Å². The van der Waals surface area contributed by atoms with E-state index in [2.05, 4.69) is 5.32 Å². The number of halogens is 4. The molecule has 2 nitrogen and oxygen atoms in total. The molecule has 0 fully saturated rings. The van der Waals surface area contributed by atoms with Crippen LogP contribution in [0.4, 0.5) is 17.6 Å². The minimum absolute atomic E-state index is 0.426. The minimum atomic E-state index is -4.60. The van der Waals surface area contributed by atoms with Crippen molar-refractivity contribution >= 4 is 5.91 Å². The molecule has 0 spiro atoms. The molecular weight excluding hydrogens is 298 g/mol. The largest absolute Gasteiger partial charge is 0.417 e. The van der Waals surface area contributed by atoms with Gasteiger partial charge in [0.1, 0.15) is 5.82 Å². The maximum atomic E-state index is 12.9. The summed E-state index contributed by atoms with van der Waals surface area (Å²) in [4.78, 5) is 12.1. The summed E-state index contributed by atoms with van der Waals surface area (Å²) in [7, 11) is 0. The van der Waals surface area contributed by atoms with Crippen LogP contribution in [0.5, 0.6) is 0 Å². The lowest BCUT2D eigenvalue weighted by molar-refractivity contribution is -0.137. The summed E-state index contributed by atoms with van der Waals surface area (Å²) in [6, 6.07) is 9.41. The van der Waals surface area contributed by atoms with Crippen molar-refractivity contribution in [3.05, 3.63) is 71.0 Å². The third kappa shape index (κ3) is 3.63. The number of hydrogen-bond donors (Lipinski definition) is 1. The summed E-state index contributed by atoms with van der Waals surface area (Å²) < 4.78 is 51.5. The molecule has 2 aromatic carbocycles. The summed E-state index contributed by atoms with van der Waals surface area (Å²) in [5, 5.41) is 2.48. The number of nitrogens with one attached hydrogen (secondary N) is 1. The van der Waals surface area contributed by atoms with E-state index >= 15 is 0 Å². The second-order valence-corrected chi connectivity index (χ2v) is 4.79. The quantitative estimate of drug-likeness (QED) is 0.840. The zero-order valence-electron chi connectivity index (χ0n) is 11.6. The van der Waals surface area contributed by atoms with Crippen LogP contribution in [0.25, 0.3) is 0 Å². The second kappa shape index (κ2) is 6.17. The normalized spacial score (nSPS) is 12.8. The molecule has 1 N–H and O–H groups in total. The van der Waals surface area contributed by atoms with E-state index in [1.54, 1.807) is 6.92 Å². The van der Waals surface area contributed by atoms with Crippen molar-refractivity contribution in [1.82, 2.24) is 5.32 Å². The number of benzene rings is 2. The highest BCUT2D eigenvalue weighted by Crippen LogP contribution is 2.32. The van der Waals surface area contributed by atoms with Gasteiger partial charge in [0.15, 0.2) is 0 Å². The number of amides is 1. The maximum absolute atomic E-state index is 12.9. The molecule has 0 radical (unpaired) electrons. The monoisotopic (exact) mass is 311 g/mol. The molecule has 0 heterocycles. The van der Waals surface area contributed by atoms with Crippen molar-refractivity contribution in [2.24, 2.45) is 0 Å². The van der Waals surface area contributed by atoms with E-state index in [1.807, 2.05) is 0 Å². The fourth-order valence-electron chi connectivity index (χ4n) is 2.04. The minimum Gasteiger partial charge on any atom is -0.346 e. The Morgan fingerprint density at radius 2 is 1.64 bits per heavy atom. The molecule has 0 aromatic heterocycles. The average Bonchev–Trinajstić information content (AvgIpc) is 2.47. The van der Waals surface area contributed by atoms with Crippen LogP contribution in [0.1, 0.15) is 34.5 Å². The topological polar surface area (TPSA) is 29.1 Å². The van der Waals surface area contributed by atoms with Gasteiger partial charge in [-0.05, 0) is 36.8 Å². The van der Waals surface area contributed by atoms with Gasteiger partial charge in [-0.3, -0.25) is 4.79 Å². The highest BCUT2D eigenvalue weighted by atomic mass is 19.4. The van der Waals surface area contributed by atoms with E-state index in [9.17, 15) is 22.4 Å². The molecular formula is C16H13F4NO. The maximum Gasteiger partial charge on any atom is 0.417 e. The Balaban J connectivity index is 2.21. The molecule has 0 aliphatic carbocycles. The SMILES string of the molecule is CC(NC(=O)c1ccccc1C(F)(F)F)c1ccc(F)cc1. The number of hydrogen-bond acceptors (Lipinski definition) is 1. The third-order valence-electron chi connectivity index (χ3n) is 3.19. The van der Waals surface area contributed by atoms with Crippen molar-refractivity contribution in [1.29, 1.82) is 0 Å². The Kier molecular flexibility index (Phi) is 4.49.